The van der Waals surface area contributed by atoms with Crippen LogP contribution < -0.4 is 5.32 Å². The summed E-state index contributed by atoms with van der Waals surface area (Å²) in [5, 5.41) is 7.95. The molecule has 0 aliphatic carbocycles. The molecule has 0 spiro atoms. The molecule has 3 heterocycles. The Morgan fingerprint density at radius 3 is 2.74 bits per heavy atom. The van der Waals surface area contributed by atoms with Gasteiger partial charge in [-0.3, -0.25) is 9.78 Å². The zero-order chi connectivity index (χ0) is 19.0. The molecule has 0 aliphatic heterocycles. The predicted molar refractivity (Wildman–Crippen MR) is 101 cm³/mol. The van der Waals surface area contributed by atoms with E-state index in [2.05, 4.69) is 20.4 Å². The van der Waals surface area contributed by atoms with Crippen LogP contribution in [-0.4, -0.2) is 25.6 Å². The molecule has 1 unspecified atom stereocenters. The topological polar surface area (TPSA) is 85.8 Å². The van der Waals surface area contributed by atoms with E-state index in [4.69, 9.17) is 4.52 Å². The fraction of sp³-hybridized carbons (Fsp3) is 0.200. The SMILES string of the molecule is Cc1cccc2cc(C(=O)NC(C)c3nc(-c4ccncc4)no3)n(C)c12. The van der Waals surface area contributed by atoms with E-state index in [-0.39, 0.29) is 5.91 Å². The van der Waals surface area contributed by atoms with Crippen LogP contribution in [0.2, 0.25) is 0 Å². The zero-order valence-electron chi connectivity index (χ0n) is 15.3. The number of nitrogens with zero attached hydrogens (tertiary/aromatic N) is 4. The molecule has 1 aromatic carbocycles. The van der Waals surface area contributed by atoms with Crippen LogP contribution in [0.4, 0.5) is 0 Å². The molecule has 0 bridgehead atoms. The van der Waals surface area contributed by atoms with Gasteiger partial charge >= 0.3 is 0 Å². The summed E-state index contributed by atoms with van der Waals surface area (Å²) in [5.74, 6) is 0.628. The average molecular weight is 361 g/mol. The monoisotopic (exact) mass is 361 g/mol. The Kier molecular flexibility index (Phi) is 4.19. The molecule has 1 atom stereocenters. The van der Waals surface area contributed by atoms with Crippen molar-refractivity contribution < 1.29 is 9.32 Å². The molecule has 0 saturated carbocycles. The third-order valence-electron chi connectivity index (χ3n) is 4.59. The van der Waals surface area contributed by atoms with Gasteiger partial charge in [0.15, 0.2) is 0 Å². The van der Waals surface area contributed by atoms with E-state index in [0.717, 1.165) is 22.0 Å². The second-order valence-corrected chi connectivity index (χ2v) is 6.49. The van der Waals surface area contributed by atoms with Gasteiger partial charge in [-0.1, -0.05) is 23.4 Å². The van der Waals surface area contributed by atoms with Crippen LogP contribution in [0.15, 0.2) is 53.3 Å². The first-order chi connectivity index (χ1) is 13.0. The number of nitrogens with one attached hydrogen (secondary N) is 1. The van der Waals surface area contributed by atoms with Crippen molar-refractivity contribution in [3.63, 3.8) is 0 Å². The van der Waals surface area contributed by atoms with Gasteiger partial charge in [0.25, 0.3) is 5.91 Å². The van der Waals surface area contributed by atoms with E-state index in [0.29, 0.717) is 17.4 Å². The molecule has 1 N–H and O–H groups in total. The summed E-state index contributed by atoms with van der Waals surface area (Å²) in [6.07, 6.45) is 3.33. The molecule has 0 aliphatic rings. The van der Waals surface area contributed by atoms with Gasteiger partial charge in [0.2, 0.25) is 11.7 Å². The summed E-state index contributed by atoms with van der Waals surface area (Å²) >= 11 is 0. The lowest BCUT2D eigenvalue weighted by Crippen LogP contribution is -2.28. The molecular weight excluding hydrogens is 342 g/mol. The van der Waals surface area contributed by atoms with Crippen LogP contribution in [0, 0.1) is 6.92 Å². The van der Waals surface area contributed by atoms with Crippen LogP contribution in [0.5, 0.6) is 0 Å². The van der Waals surface area contributed by atoms with Gasteiger partial charge in [-0.15, -0.1) is 0 Å². The van der Waals surface area contributed by atoms with Crippen LogP contribution in [0.25, 0.3) is 22.3 Å². The van der Waals surface area contributed by atoms with E-state index < -0.39 is 6.04 Å². The fourth-order valence-corrected chi connectivity index (χ4v) is 3.20. The Balaban J connectivity index is 1.56. The van der Waals surface area contributed by atoms with E-state index in [1.54, 1.807) is 24.5 Å². The Hall–Kier alpha value is -3.48. The zero-order valence-corrected chi connectivity index (χ0v) is 15.3. The maximum Gasteiger partial charge on any atom is 0.268 e. The smallest absolute Gasteiger partial charge is 0.268 e. The first-order valence-corrected chi connectivity index (χ1v) is 8.64. The van der Waals surface area contributed by atoms with E-state index in [9.17, 15) is 4.79 Å². The molecular formula is C20H19N5O2. The van der Waals surface area contributed by atoms with E-state index in [1.165, 1.54) is 0 Å². The minimum absolute atomic E-state index is 0.190. The van der Waals surface area contributed by atoms with Crippen molar-refractivity contribution >= 4 is 16.8 Å². The summed E-state index contributed by atoms with van der Waals surface area (Å²) < 4.78 is 7.23. The molecule has 3 aromatic heterocycles. The Morgan fingerprint density at radius 2 is 2.00 bits per heavy atom. The second-order valence-electron chi connectivity index (χ2n) is 6.49. The van der Waals surface area contributed by atoms with Gasteiger partial charge in [0.1, 0.15) is 11.7 Å². The van der Waals surface area contributed by atoms with Gasteiger partial charge in [-0.2, -0.15) is 4.98 Å². The van der Waals surface area contributed by atoms with Crippen molar-refractivity contribution in [3.05, 3.63) is 65.9 Å². The fourth-order valence-electron chi connectivity index (χ4n) is 3.20. The molecule has 0 saturated heterocycles. The predicted octanol–water partition coefficient (Wildman–Crippen LogP) is 3.42. The normalized spacial score (nSPS) is 12.3. The first kappa shape index (κ1) is 17.0. The van der Waals surface area contributed by atoms with E-state index >= 15 is 0 Å². The summed E-state index contributed by atoms with van der Waals surface area (Å²) in [6.45, 7) is 3.85. The molecule has 136 valence electrons. The number of hydrogen-bond donors (Lipinski definition) is 1. The summed E-state index contributed by atoms with van der Waals surface area (Å²) in [6, 6.07) is 11.1. The van der Waals surface area contributed by atoms with Crippen molar-refractivity contribution in [2.24, 2.45) is 7.05 Å². The van der Waals surface area contributed by atoms with Crippen LogP contribution in [0.3, 0.4) is 0 Å². The molecule has 1 amide bonds. The number of hydrogen-bond acceptors (Lipinski definition) is 5. The molecule has 4 aromatic rings. The third-order valence-corrected chi connectivity index (χ3v) is 4.59. The maximum atomic E-state index is 12.8. The van der Waals surface area contributed by atoms with Gasteiger partial charge in [0.05, 0.1) is 5.52 Å². The highest BCUT2D eigenvalue weighted by atomic mass is 16.5. The van der Waals surface area contributed by atoms with Crippen molar-refractivity contribution in [1.29, 1.82) is 0 Å². The third kappa shape index (κ3) is 3.08. The van der Waals surface area contributed by atoms with Gasteiger partial charge in [-0.05, 0) is 37.6 Å². The van der Waals surface area contributed by atoms with Crippen molar-refractivity contribution in [1.82, 2.24) is 25.0 Å². The summed E-state index contributed by atoms with van der Waals surface area (Å²) in [4.78, 5) is 21.1. The number of rotatable bonds is 4. The average Bonchev–Trinajstić information content (AvgIpc) is 3.28. The van der Waals surface area contributed by atoms with Gasteiger partial charge < -0.3 is 14.4 Å². The quantitative estimate of drug-likeness (QED) is 0.602. The molecule has 0 fully saturated rings. The summed E-state index contributed by atoms with van der Waals surface area (Å²) in [7, 11) is 1.89. The number of carbonyl (C=O) groups excluding carboxylic acids is 1. The standard InChI is InChI=1S/C20H19N5O2/c1-12-5-4-6-15-11-16(25(3)17(12)15)19(26)22-13(2)20-23-18(24-27-20)14-7-9-21-10-8-14/h4-11,13H,1-3H3,(H,22,26). The minimum Gasteiger partial charge on any atom is -0.339 e. The highest BCUT2D eigenvalue weighted by Gasteiger charge is 2.20. The maximum absolute atomic E-state index is 12.8. The Labute approximate surface area is 156 Å². The number of amides is 1. The Bertz CT molecular complexity index is 1110. The van der Waals surface area contributed by atoms with Crippen molar-refractivity contribution in [2.45, 2.75) is 19.9 Å². The highest BCUT2D eigenvalue weighted by Crippen LogP contribution is 2.23. The lowest BCUT2D eigenvalue weighted by Gasteiger charge is -2.10. The number of pyridine rings is 1. The number of para-hydroxylation sites is 1. The van der Waals surface area contributed by atoms with Crippen LogP contribution >= 0.6 is 0 Å². The first-order valence-electron chi connectivity index (χ1n) is 8.64. The molecule has 7 heteroatoms. The number of aryl methyl sites for hydroxylation is 2. The number of benzene rings is 1. The molecule has 7 nitrogen and oxygen atoms in total. The van der Waals surface area contributed by atoms with Crippen molar-refractivity contribution in [2.75, 3.05) is 0 Å². The van der Waals surface area contributed by atoms with Crippen molar-refractivity contribution in [3.8, 4) is 11.4 Å². The Morgan fingerprint density at radius 1 is 1.22 bits per heavy atom. The largest absolute Gasteiger partial charge is 0.339 e. The molecule has 4 rings (SSSR count). The minimum atomic E-state index is -0.417. The number of aromatic nitrogens is 4. The second kappa shape index (κ2) is 6.68. The summed E-state index contributed by atoms with van der Waals surface area (Å²) in [5.41, 5.74) is 3.57. The number of carbonyl (C=O) groups is 1. The lowest BCUT2D eigenvalue weighted by molar-refractivity contribution is 0.0924. The van der Waals surface area contributed by atoms with Gasteiger partial charge in [-0.25, -0.2) is 0 Å². The lowest BCUT2D eigenvalue weighted by atomic mass is 10.2. The van der Waals surface area contributed by atoms with Gasteiger partial charge in [0, 0.05) is 30.4 Å². The van der Waals surface area contributed by atoms with Crippen LogP contribution in [0.1, 0.15) is 34.9 Å². The number of fused-ring (bicyclic) bond motifs is 1. The molecule has 27 heavy (non-hydrogen) atoms. The van der Waals surface area contributed by atoms with E-state index in [1.807, 2.05) is 49.7 Å². The van der Waals surface area contributed by atoms with Crippen LogP contribution in [-0.2, 0) is 7.05 Å². The highest BCUT2D eigenvalue weighted by molar-refractivity contribution is 5.99. The molecule has 0 radical (unpaired) electrons.